The molecule has 0 amide bonds. The maximum absolute atomic E-state index is 5.56. The number of benzene rings is 1. The topological polar surface area (TPSA) is 46.1 Å². The Morgan fingerprint density at radius 2 is 2.24 bits per heavy atom. The number of nitrogens with one attached hydrogen (secondary N) is 1. The Bertz CT molecular complexity index is 653. The fourth-order valence-electron chi connectivity index (χ4n) is 2.77. The summed E-state index contributed by atoms with van der Waals surface area (Å²) in [7, 11) is 3.44. The standard InChI is InChI=1S/C19H27N3O2S/c1-6-10-24-17-12-15(7-8-16(17)23-5)13-21-18(20-4)22-9-11-25-19(2,3)14-22/h1,7-8,12H,9-11,13-14H2,2-5H3,(H,20,21). The van der Waals surface area contributed by atoms with Gasteiger partial charge in [-0.1, -0.05) is 12.0 Å². The van der Waals surface area contributed by atoms with Crippen LogP contribution in [0.1, 0.15) is 19.4 Å². The zero-order chi connectivity index (χ0) is 18.3. The molecule has 0 atom stereocenters. The van der Waals surface area contributed by atoms with Gasteiger partial charge in [0.1, 0.15) is 6.61 Å². The van der Waals surface area contributed by atoms with E-state index in [4.69, 9.17) is 15.9 Å². The second-order valence-electron chi connectivity index (χ2n) is 6.41. The summed E-state index contributed by atoms with van der Waals surface area (Å²) in [4.78, 5) is 6.75. The Hall–Kier alpha value is -2.00. The molecule has 5 nitrogen and oxygen atoms in total. The Labute approximate surface area is 155 Å². The smallest absolute Gasteiger partial charge is 0.193 e. The summed E-state index contributed by atoms with van der Waals surface area (Å²) in [5.41, 5.74) is 1.08. The van der Waals surface area contributed by atoms with Crippen molar-refractivity contribution in [3.05, 3.63) is 23.8 Å². The molecule has 0 spiro atoms. The summed E-state index contributed by atoms with van der Waals surface area (Å²) in [5.74, 6) is 5.85. The number of nitrogens with zero attached hydrogens (tertiary/aromatic N) is 2. The summed E-state index contributed by atoms with van der Waals surface area (Å²) >= 11 is 2.01. The summed E-state index contributed by atoms with van der Waals surface area (Å²) in [6, 6.07) is 5.86. The van der Waals surface area contributed by atoms with Gasteiger partial charge in [-0.25, -0.2) is 0 Å². The molecule has 0 bridgehead atoms. The molecule has 1 fully saturated rings. The van der Waals surface area contributed by atoms with Gasteiger partial charge in [0.05, 0.1) is 7.11 Å². The van der Waals surface area contributed by atoms with Crippen LogP contribution < -0.4 is 14.8 Å². The van der Waals surface area contributed by atoms with E-state index in [0.29, 0.717) is 18.0 Å². The SMILES string of the molecule is C#CCOc1cc(CNC(=NC)N2CCSC(C)(C)C2)ccc1OC. The van der Waals surface area contributed by atoms with Crippen LogP contribution in [0.3, 0.4) is 0 Å². The fraction of sp³-hybridized carbons (Fsp3) is 0.526. The number of hydrogen-bond donors (Lipinski definition) is 1. The lowest BCUT2D eigenvalue weighted by Crippen LogP contribution is -2.50. The molecule has 0 aliphatic carbocycles. The minimum absolute atomic E-state index is 0.218. The summed E-state index contributed by atoms with van der Waals surface area (Å²) in [6.45, 7) is 7.41. The highest BCUT2D eigenvalue weighted by molar-refractivity contribution is 8.00. The average Bonchev–Trinajstić information content (AvgIpc) is 2.59. The molecule has 0 saturated carbocycles. The van der Waals surface area contributed by atoms with Crippen molar-refractivity contribution >= 4 is 17.7 Å². The molecule has 0 unspecified atom stereocenters. The molecular weight excluding hydrogens is 334 g/mol. The van der Waals surface area contributed by atoms with Gasteiger partial charge in [-0.05, 0) is 31.5 Å². The largest absolute Gasteiger partial charge is 0.493 e. The molecule has 1 N–H and O–H groups in total. The van der Waals surface area contributed by atoms with Gasteiger partial charge in [-0.15, -0.1) is 6.42 Å². The van der Waals surface area contributed by atoms with Gasteiger partial charge >= 0.3 is 0 Å². The number of aliphatic imine (C=N–C) groups is 1. The summed E-state index contributed by atoms with van der Waals surface area (Å²) in [6.07, 6.45) is 5.28. The number of ether oxygens (including phenoxy) is 2. The number of rotatable bonds is 5. The van der Waals surface area contributed by atoms with Crippen molar-refractivity contribution in [1.82, 2.24) is 10.2 Å². The lowest BCUT2D eigenvalue weighted by molar-refractivity contribution is 0.330. The van der Waals surface area contributed by atoms with Gasteiger partial charge in [0.2, 0.25) is 0 Å². The molecule has 1 aromatic rings. The Morgan fingerprint density at radius 1 is 1.44 bits per heavy atom. The van der Waals surface area contributed by atoms with Crippen LogP contribution in [0.15, 0.2) is 23.2 Å². The number of thioether (sulfide) groups is 1. The third-order valence-electron chi connectivity index (χ3n) is 3.93. The second-order valence-corrected chi connectivity index (χ2v) is 8.21. The molecule has 25 heavy (non-hydrogen) atoms. The lowest BCUT2D eigenvalue weighted by Gasteiger charge is -2.39. The van der Waals surface area contributed by atoms with Crippen LogP contribution in [0.5, 0.6) is 11.5 Å². The van der Waals surface area contributed by atoms with Crippen molar-refractivity contribution < 1.29 is 9.47 Å². The quantitative estimate of drug-likeness (QED) is 0.496. The Morgan fingerprint density at radius 3 is 2.88 bits per heavy atom. The van der Waals surface area contributed by atoms with Crippen LogP contribution in [0.2, 0.25) is 0 Å². The first-order valence-electron chi connectivity index (χ1n) is 8.32. The van der Waals surface area contributed by atoms with Crippen molar-refractivity contribution in [3.63, 3.8) is 0 Å². The van der Waals surface area contributed by atoms with E-state index in [-0.39, 0.29) is 11.4 Å². The predicted molar refractivity (Wildman–Crippen MR) is 106 cm³/mol. The highest BCUT2D eigenvalue weighted by Crippen LogP contribution is 2.30. The van der Waals surface area contributed by atoms with Crippen molar-refractivity contribution in [1.29, 1.82) is 0 Å². The van der Waals surface area contributed by atoms with Gasteiger partial charge in [-0.2, -0.15) is 11.8 Å². The van der Waals surface area contributed by atoms with E-state index in [1.165, 1.54) is 0 Å². The van der Waals surface area contributed by atoms with E-state index in [1.807, 2.05) is 37.0 Å². The van der Waals surface area contributed by atoms with E-state index in [9.17, 15) is 0 Å². The first kappa shape index (κ1) is 19.3. The highest BCUT2D eigenvalue weighted by Gasteiger charge is 2.28. The monoisotopic (exact) mass is 361 g/mol. The first-order chi connectivity index (χ1) is 12.0. The minimum atomic E-state index is 0.218. The molecule has 136 valence electrons. The van der Waals surface area contributed by atoms with Crippen molar-refractivity contribution in [2.45, 2.75) is 25.1 Å². The number of terminal acetylenes is 1. The van der Waals surface area contributed by atoms with E-state index in [2.05, 4.69) is 35.0 Å². The molecule has 1 heterocycles. The van der Waals surface area contributed by atoms with Crippen LogP contribution in [0.25, 0.3) is 0 Å². The Kier molecular flexibility index (Phi) is 6.89. The van der Waals surface area contributed by atoms with Crippen molar-refractivity contribution in [3.8, 4) is 23.8 Å². The van der Waals surface area contributed by atoms with Crippen LogP contribution in [-0.4, -0.2) is 55.2 Å². The van der Waals surface area contributed by atoms with Crippen LogP contribution >= 0.6 is 11.8 Å². The molecule has 0 radical (unpaired) electrons. The van der Waals surface area contributed by atoms with Gasteiger partial charge < -0.3 is 19.7 Å². The normalized spacial score (nSPS) is 16.9. The first-order valence-corrected chi connectivity index (χ1v) is 9.30. The number of guanidine groups is 1. The molecular formula is C19H27N3O2S. The molecule has 1 aliphatic rings. The summed E-state index contributed by atoms with van der Waals surface area (Å²) < 4.78 is 11.1. The molecule has 1 aromatic carbocycles. The van der Waals surface area contributed by atoms with Crippen LogP contribution in [0, 0.1) is 12.3 Å². The van der Waals surface area contributed by atoms with Gasteiger partial charge in [0, 0.05) is 37.2 Å². The molecule has 2 rings (SSSR count). The van der Waals surface area contributed by atoms with Crippen molar-refractivity contribution in [2.24, 2.45) is 4.99 Å². The molecule has 6 heteroatoms. The zero-order valence-corrected chi connectivity index (χ0v) is 16.3. The average molecular weight is 362 g/mol. The number of hydrogen-bond acceptors (Lipinski definition) is 4. The van der Waals surface area contributed by atoms with Gasteiger partial charge in [0.25, 0.3) is 0 Å². The van der Waals surface area contributed by atoms with E-state index in [0.717, 1.165) is 30.4 Å². The van der Waals surface area contributed by atoms with Crippen LogP contribution in [-0.2, 0) is 6.54 Å². The van der Waals surface area contributed by atoms with Gasteiger partial charge in [-0.3, -0.25) is 4.99 Å². The van der Waals surface area contributed by atoms with Crippen molar-refractivity contribution in [2.75, 3.05) is 39.6 Å². The third kappa shape index (κ3) is 5.50. The zero-order valence-electron chi connectivity index (χ0n) is 15.5. The Balaban J connectivity index is 2.02. The predicted octanol–water partition coefficient (Wildman–Crippen LogP) is 2.61. The third-order valence-corrected chi connectivity index (χ3v) is 5.22. The molecule has 1 aliphatic heterocycles. The second kappa shape index (κ2) is 8.91. The van der Waals surface area contributed by atoms with E-state index >= 15 is 0 Å². The lowest BCUT2D eigenvalue weighted by atomic mass is 10.2. The highest BCUT2D eigenvalue weighted by atomic mass is 32.2. The maximum atomic E-state index is 5.56. The molecule has 0 aromatic heterocycles. The van der Waals surface area contributed by atoms with Gasteiger partial charge in [0.15, 0.2) is 17.5 Å². The fourth-order valence-corrected chi connectivity index (χ4v) is 3.89. The summed E-state index contributed by atoms with van der Waals surface area (Å²) in [5, 5.41) is 3.44. The molecule has 1 saturated heterocycles. The van der Waals surface area contributed by atoms with E-state index in [1.54, 1.807) is 7.11 Å². The number of methoxy groups -OCH3 is 1. The minimum Gasteiger partial charge on any atom is -0.493 e. The van der Waals surface area contributed by atoms with E-state index < -0.39 is 0 Å². The van der Waals surface area contributed by atoms with Crippen LogP contribution in [0.4, 0.5) is 0 Å². The maximum Gasteiger partial charge on any atom is 0.193 e.